The van der Waals surface area contributed by atoms with Crippen LogP contribution in [0.4, 0.5) is 10.1 Å². The first-order valence-electron chi connectivity index (χ1n) is 4.19. The van der Waals surface area contributed by atoms with Gasteiger partial charge in [-0.15, -0.1) is 0 Å². The lowest BCUT2D eigenvalue weighted by atomic mass is 10.2. The molecule has 0 saturated heterocycles. The number of nitro groups is 1. The van der Waals surface area contributed by atoms with Crippen molar-refractivity contribution in [2.24, 2.45) is 0 Å². The van der Waals surface area contributed by atoms with Gasteiger partial charge < -0.3 is 0 Å². The van der Waals surface area contributed by atoms with E-state index in [0.717, 1.165) is 6.07 Å². The van der Waals surface area contributed by atoms with E-state index in [4.69, 9.17) is 0 Å². The van der Waals surface area contributed by atoms with Gasteiger partial charge >= 0.3 is 5.69 Å². The smallest absolute Gasteiger partial charge is 0.258 e. The van der Waals surface area contributed by atoms with Crippen LogP contribution in [0.2, 0.25) is 0 Å². The molecular formula is C10H8FNO2S. The van der Waals surface area contributed by atoms with E-state index in [1.54, 1.807) is 0 Å². The maximum absolute atomic E-state index is 13.1. The van der Waals surface area contributed by atoms with Gasteiger partial charge in [0.15, 0.2) is 0 Å². The molecule has 0 N–H and O–H groups in total. The summed E-state index contributed by atoms with van der Waals surface area (Å²) < 4.78 is 13.1. The maximum atomic E-state index is 13.1. The average Bonchev–Trinajstić information content (AvgIpc) is 2.17. The van der Waals surface area contributed by atoms with Crippen LogP contribution in [0, 0.1) is 27.8 Å². The molecule has 15 heavy (non-hydrogen) atoms. The molecule has 0 heterocycles. The van der Waals surface area contributed by atoms with Crippen LogP contribution in [0.1, 0.15) is 12.0 Å². The second-order valence-electron chi connectivity index (χ2n) is 2.67. The van der Waals surface area contributed by atoms with Crippen molar-refractivity contribution in [1.29, 1.82) is 0 Å². The molecule has 0 aliphatic heterocycles. The fraction of sp³-hybridized carbons (Fsp3) is 0.200. The zero-order chi connectivity index (χ0) is 11.3. The second-order valence-corrected chi connectivity index (χ2v) is 3.12. The second kappa shape index (κ2) is 5.37. The van der Waals surface area contributed by atoms with Crippen molar-refractivity contribution in [2.45, 2.75) is 6.42 Å². The van der Waals surface area contributed by atoms with Crippen molar-refractivity contribution in [3.05, 3.63) is 39.7 Å². The number of rotatable bonds is 2. The quantitative estimate of drug-likeness (QED) is 0.363. The van der Waals surface area contributed by atoms with Crippen LogP contribution in [0.5, 0.6) is 0 Å². The van der Waals surface area contributed by atoms with Crippen molar-refractivity contribution < 1.29 is 9.31 Å². The summed E-state index contributed by atoms with van der Waals surface area (Å²) in [6.07, 6.45) is 0.511. The molecule has 0 aliphatic rings. The third-order valence-electron chi connectivity index (χ3n) is 1.63. The third kappa shape index (κ3) is 2.96. The molecule has 1 aromatic rings. The summed E-state index contributed by atoms with van der Waals surface area (Å²) in [4.78, 5) is 9.79. The summed E-state index contributed by atoms with van der Waals surface area (Å²) in [6, 6.07) is 3.86. The van der Waals surface area contributed by atoms with Crippen LogP contribution < -0.4 is 0 Å². The molecule has 0 amide bonds. The summed E-state index contributed by atoms with van der Waals surface area (Å²) in [6.45, 7) is 0. The standard InChI is InChI=1S/C10H8FNO2S/c11-9-6-3-5-8(4-1-2-7-15)10(9)12(13)14/h3,5-6,15H,2,7H2. The Morgan fingerprint density at radius 2 is 2.27 bits per heavy atom. The first-order chi connectivity index (χ1) is 7.16. The van der Waals surface area contributed by atoms with Gasteiger partial charge in [0, 0.05) is 12.2 Å². The van der Waals surface area contributed by atoms with Gasteiger partial charge in [0.2, 0.25) is 5.82 Å². The third-order valence-corrected chi connectivity index (χ3v) is 1.85. The minimum Gasteiger partial charge on any atom is -0.258 e. The highest BCUT2D eigenvalue weighted by molar-refractivity contribution is 7.80. The van der Waals surface area contributed by atoms with E-state index in [9.17, 15) is 14.5 Å². The largest absolute Gasteiger partial charge is 0.320 e. The Balaban J connectivity index is 3.13. The van der Waals surface area contributed by atoms with Gasteiger partial charge in [-0.2, -0.15) is 17.0 Å². The molecule has 1 aromatic carbocycles. The Morgan fingerprint density at radius 3 is 2.87 bits per heavy atom. The number of para-hydroxylation sites is 1. The molecule has 1 rings (SSSR count). The minimum absolute atomic E-state index is 0.0989. The summed E-state index contributed by atoms with van der Waals surface area (Å²) in [5, 5.41) is 10.6. The molecular weight excluding hydrogens is 217 g/mol. The van der Waals surface area contributed by atoms with Gasteiger partial charge in [-0.1, -0.05) is 17.9 Å². The lowest BCUT2D eigenvalue weighted by Crippen LogP contribution is -1.95. The van der Waals surface area contributed by atoms with Crippen molar-refractivity contribution in [3.63, 3.8) is 0 Å². The summed E-state index contributed by atoms with van der Waals surface area (Å²) in [5.74, 6) is 4.93. The van der Waals surface area contributed by atoms with Crippen LogP contribution in [-0.4, -0.2) is 10.7 Å². The number of halogens is 1. The zero-order valence-electron chi connectivity index (χ0n) is 7.74. The lowest BCUT2D eigenvalue weighted by Gasteiger charge is -1.95. The first-order valence-corrected chi connectivity index (χ1v) is 4.82. The van der Waals surface area contributed by atoms with Gasteiger partial charge in [-0.25, -0.2) is 0 Å². The highest BCUT2D eigenvalue weighted by atomic mass is 32.1. The molecule has 0 aromatic heterocycles. The number of nitro benzene ring substituents is 1. The molecule has 0 fully saturated rings. The van der Waals surface area contributed by atoms with E-state index in [1.165, 1.54) is 12.1 Å². The zero-order valence-corrected chi connectivity index (χ0v) is 8.63. The van der Waals surface area contributed by atoms with Gasteiger partial charge in [0.1, 0.15) is 5.56 Å². The van der Waals surface area contributed by atoms with Crippen molar-refractivity contribution in [2.75, 3.05) is 5.75 Å². The van der Waals surface area contributed by atoms with Crippen LogP contribution in [0.25, 0.3) is 0 Å². The molecule has 0 atom stereocenters. The fourth-order valence-electron chi connectivity index (χ4n) is 1.02. The maximum Gasteiger partial charge on any atom is 0.320 e. The Labute approximate surface area is 91.9 Å². The lowest BCUT2D eigenvalue weighted by molar-refractivity contribution is -0.387. The number of thiol groups is 1. The number of hydrogen-bond donors (Lipinski definition) is 1. The fourth-order valence-corrected chi connectivity index (χ4v) is 1.13. The molecule has 5 heteroatoms. The van der Waals surface area contributed by atoms with Crippen LogP contribution in [-0.2, 0) is 0 Å². The predicted molar refractivity (Wildman–Crippen MR) is 58.4 cm³/mol. The van der Waals surface area contributed by atoms with E-state index in [0.29, 0.717) is 12.2 Å². The van der Waals surface area contributed by atoms with E-state index in [1.807, 2.05) is 0 Å². The molecule has 0 radical (unpaired) electrons. The van der Waals surface area contributed by atoms with Crippen molar-refractivity contribution >= 4 is 18.3 Å². The Morgan fingerprint density at radius 1 is 1.53 bits per heavy atom. The Kier molecular flexibility index (Phi) is 4.13. The minimum atomic E-state index is -0.863. The molecule has 0 saturated carbocycles. The van der Waals surface area contributed by atoms with Crippen LogP contribution in [0.3, 0.4) is 0 Å². The normalized spacial score (nSPS) is 9.20. The topological polar surface area (TPSA) is 43.1 Å². The average molecular weight is 225 g/mol. The van der Waals surface area contributed by atoms with Crippen LogP contribution in [0.15, 0.2) is 18.2 Å². The SMILES string of the molecule is O=[N+]([O-])c1c(F)cccc1C#CCCS. The highest BCUT2D eigenvalue weighted by Crippen LogP contribution is 2.21. The van der Waals surface area contributed by atoms with E-state index < -0.39 is 16.4 Å². The molecule has 0 unspecified atom stereocenters. The molecule has 0 bridgehead atoms. The van der Waals surface area contributed by atoms with E-state index >= 15 is 0 Å². The van der Waals surface area contributed by atoms with Gasteiger partial charge in [-0.3, -0.25) is 10.1 Å². The number of hydrogen-bond acceptors (Lipinski definition) is 3. The molecule has 3 nitrogen and oxygen atoms in total. The molecule has 78 valence electrons. The number of nitrogens with zero attached hydrogens (tertiary/aromatic N) is 1. The Hall–Kier alpha value is -1.54. The monoisotopic (exact) mass is 225 g/mol. The number of benzene rings is 1. The van der Waals surface area contributed by atoms with E-state index in [-0.39, 0.29) is 5.56 Å². The predicted octanol–water partition coefficient (Wildman–Crippen LogP) is 2.41. The van der Waals surface area contributed by atoms with E-state index in [2.05, 4.69) is 24.5 Å². The summed E-state index contributed by atoms with van der Waals surface area (Å²) in [7, 11) is 0. The van der Waals surface area contributed by atoms with Crippen LogP contribution >= 0.6 is 12.6 Å². The molecule has 0 spiro atoms. The Bertz CT molecular complexity index is 437. The van der Waals surface area contributed by atoms with Gasteiger partial charge in [0.05, 0.1) is 4.92 Å². The van der Waals surface area contributed by atoms with Gasteiger partial charge in [-0.05, 0) is 12.1 Å². The summed E-state index contributed by atoms with van der Waals surface area (Å²) in [5.41, 5.74) is -0.467. The summed E-state index contributed by atoms with van der Waals surface area (Å²) >= 11 is 3.94. The molecule has 0 aliphatic carbocycles. The first kappa shape index (κ1) is 11.5. The highest BCUT2D eigenvalue weighted by Gasteiger charge is 2.17. The van der Waals surface area contributed by atoms with Crippen molar-refractivity contribution in [1.82, 2.24) is 0 Å². The van der Waals surface area contributed by atoms with Gasteiger partial charge in [0.25, 0.3) is 0 Å². The van der Waals surface area contributed by atoms with Crippen molar-refractivity contribution in [3.8, 4) is 11.8 Å².